The summed E-state index contributed by atoms with van der Waals surface area (Å²) < 4.78 is 138. The van der Waals surface area contributed by atoms with E-state index in [-0.39, 0.29) is 24.5 Å². The van der Waals surface area contributed by atoms with Gasteiger partial charge in [-0.25, -0.2) is 56.6 Å². The van der Waals surface area contributed by atoms with E-state index in [1.165, 1.54) is 76.4 Å². The van der Waals surface area contributed by atoms with E-state index in [0.29, 0.717) is 57.7 Å². The summed E-state index contributed by atoms with van der Waals surface area (Å²) in [6.45, 7) is 37.5. The number of anilines is 6. The van der Waals surface area contributed by atoms with Crippen LogP contribution < -0.4 is 29.3 Å². The summed E-state index contributed by atoms with van der Waals surface area (Å²) in [5, 5.41) is 0. The van der Waals surface area contributed by atoms with Crippen molar-refractivity contribution >= 4 is 129 Å². The Balaban J connectivity index is 0.000000136. The molecule has 0 spiro atoms. The Kier molecular flexibility index (Phi) is 23.5. The van der Waals surface area contributed by atoms with E-state index in [9.17, 15) is 42.1 Å². The lowest BCUT2D eigenvalue weighted by Gasteiger charge is -2.14. The molecule has 5 aliphatic rings. The van der Waals surface area contributed by atoms with Crippen molar-refractivity contribution in [1.29, 1.82) is 0 Å². The van der Waals surface area contributed by atoms with E-state index in [0.717, 1.165) is 98.2 Å². The van der Waals surface area contributed by atoms with Gasteiger partial charge in [0.25, 0.3) is 50.1 Å². The molecule has 0 unspecified atom stereocenters. The number of aryl methyl sites for hydroxylation is 3. The fraction of sp³-hybridized carbons (Fsp3) is 0.153. The molecule has 0 amide bonds. The highest BCUT2D eigenvalue weighted by Crippen LogP contribution is 2.40. The third kappa shape index (κ3) is 18.0. The van der Waals surface area contributed by atoms with Gasteiger partial charge in [0.05, 0.1) is 73.5 Å². The van der Waals surface area contributed by atoms with Crippen LogP contribution in [0.25, 0.3) is 36.8 Å². The molecule has 10 aromatic rings. The number of aliphatic imine (C=N–C) groups is 1. The smallest absolute Gasteiger partial charge is 0.261 e. The molecule has 0 radical (unpaired) electrons. The van der Waals surface area contributed by atoms with Gasteiger partial charge in [-0.2, -0.15) is 0 Å². The summed E-state index contributed by atoms with van der Waals surface area (Å²) in [4.78, 5) is 14.9. The quantitative estimate of drug-likeness (QED) is 0.0414. The predicted molar refractivity (Wildman–Crippen MR) is 441 cm³/mol. The maximum absolute atomic E-state index is 12.6. The summed E-state index contributed by atoms with van der Waals surface area (Å²) in [6, 6.07) is 55.3. The molecule has 0 aromatic heterocycles. The summed E-state index contributed by atoms with van der Waals surface area (Å²) in [5.74, 6) is 0. The molecule has 0 fully saturated rings. The molecule has 0 atom stereocenters. The summed E-state index contributed by atoms with van der Waals surface area (Å²) >= 11 is 0. The molecule has 15 rings (SSSR count). The molecule has 1 heterocycles. The third-order valence-electron chi connectivity index (χ3n) is 19.0. The summed E-state index contributed by atoms with van der Waals surface area (Å²) in [5.41, 5.74) is 29.6. The number of hydrogen-bond acceptors (Lipinski definition) is 12. The highest BCUT2D eigenvalue weighted by molar-refractivity contribution is 7.94. The Morgan fingerprint density at radius 1 is 0.345 bits per heavy atom. The average Bonchev–Trinajstić information content (AvgIpc) is 1.56. The zero-order valence-electron chi connectivity index (χ0n) is 61.4. The van der Waals surface area contributed by atoms with Crippen molar-refractivity contribution in [2.75, 3.05) is 29.3 Å². The SMILES string of the molecule is CC1=CCc2c(NS(=O)(=O)c3ccc(C)cc3)ccc(C)c21.CC1=CCc2c(NS(=O)(=O)c3ccc(N)cc3)ccc(C)c21.[C-]#[N+]c1cccc(S(=O)(=O)Nc2ccc3c(c2)C(C)=CC3)c1.[C-]#[N+]c1cccc(S(=O)(=O)Nc2cccc3c2C(C)=CC3)c1.[C-]#[N+]c1cccc(S(=O)(=O)Nc2cccc3c2CN=C3C)c1. The summed E-state index contributed by atoms with van der Waals surface area (Å²) in [7, 11) is -18.3. The third-order valence-corrected chi connectivity index (χ3v) is 25.8. The van der Waals surface area contributed by atoms with Gasteiger partial charge in [-0.15, -0.1) is 0 Å². The van der Waals surface area contributed by atoms with Gasteiger partial charge < -0.3 is 5.73 Å². The maximum Gasteiger partial charge on any atom is 0.261 e. The molecule has 558 valence electrons. The molecule has 7 N–H and O–H groups in total. The Bertz CT molecular complexity index is 6120. The van der Waals surface area contributed by atoms with Gasteiger partial charge in [0.1, 0.15) is 0 Å². The Morgan fingerprint density at radius 3 is 1.25 bits per heavy atom. The van der Waals surface area contributed by atoms with Crippen LogP contribution in [-0.2, 0) is 82.3 Å². The topological polar surface area (TPSA) is 282 Å². The highest BCUT2D eigenvalue weighted by Gasteiger charge is 2.27. The number of nitrogens with zero attached hydrogens (tertiary/aromatic N) is 4. The van der Waals surface area contributed by atoms with E-state index in [2.05, 4.69) is 88.2 Å². The van der Waals surface area contributed by atoms with Crippen molar-refractivity contribution < 1.29 is 42.1 Å². The van der Waals surface area contributed by atoms with Crippen LogP contribution >= 0.6 is 0 Å². The minimum absolute atomic E-state index is 0.0780. The Hall–Kier alpha value is -12.2. The fourth-order valence-corrected chi connectivity index (χ4v) is 18.7. The van der Waals surface area contributed by atoms with Gasteiger partial charge >= 0.3 is 0 Å². The van der Waals surface area contributed by atoms with Crippen LogP contribution in [0.4, 0.5) is 51.2 Å². The molecule has 0 saturated heterocycles. The molecular weight excluding hydrogens is 1480 g/mol. The van der Waals surface area contributed by atoms with Gasteiger partial charge in [-0.1, -0.05) is 121 Å². The largest absolute Gasteiger partial charge is 0.399 e. The number of sulfonamides is 5. The molecule has 0 bridgehead atoms. The predicted octanol–water partition coefficient (Wildman–Crippen LogP) is 18.8. The molecule has 0 saturated carbocycles. The normalized spacial score (nSPS) is 13.4. The number of nitrogen functional groups attached to an aromatic ring is 1. The molecule has 20 nitrogen and oxygen atoms in total. The van der Waals surface area contributed by atoms with Crippen LogP contribution in [0.15, 0.2) is 254 Å². The van der Waals surface area contributed by atoms with E-state index in [1.807, 2.05) is 89.2 Å². The van der Waals surface area contributed by atoms with Crippen LogP contribution in [0.1, 0.15) is 107 Å². The number of nitrogens with two attached hydrogens (primary N) is 1. The Morgan fingerprint density at radius 2 is 0.745 bits per heavy atom. The highest BCUT2D eigenvalue weighted by atomic mass is 32.2. The number of rotatable bonds is 15. The minimum atomic E-state index is -3.73. The lowest BCUT2D eigenvalue weighted by molar-refractivity contribution is 0.599. The van der Waals surface area contributed by atoms with Crippen molar-refractivity contribution in [2.45, 2.75) is 112 Å². The number of hydrogen-bond donors (Lipinski definition) is 6. The molecule has 10 aromatic carbocycles. The first-order valence-electron chi connectivity index (χ1n) is 34.6. The summed E-state index contributed by atoms with van der Waals surface area (Å²) in [6.07, 6.45) is 11.7. The standard InChI is InChI=1S/C18H19NO2S.C17H18N2O2S.2C17H14N2O2S.C16H13N3O2S/c1-12-4-8-15(9-5-12)22(20,21)19-17-11-7-14(3)18-13(2)6-10-16(17)18;1-11-3-9-15-16(10-4-12(2)17(11)15)19-22(20,21)14-7-5-13(18)6-8-14;1-12-9-10-13-5-3-8-16(17(12)13)19-22(20,21)15-7-4-6-14(11-15)18-2;1-12-6-7-13-8-9-15(11-17(12)13)19-22(20,21)16-5-3-4-14(10-16)18-2;1-11-14-7-4-8-16(15(14)10-18-11)19-22(20,21)13-6-3-5-12(9-13)17-2/h4-9,11,19H,10H2,1-3H3;3-8,10,19H,9,18H2,1-2H3;3-9,11,19H,10H2,1H3;3-6,8-11,19H,7H2,1H3;3-9,19H,10H2,1H3. The monoisotopic (exact) mass is 1560 g/mol. The number of nitrogens with one attached hydrogen (secondary N) is 5. The van der Waals surface area contributed by atoms with Crippen LogP contribution in [-0.4, -0.2) is 47.8 Å². The van der Waals surface area contributed by atoms with Gasteiger partial charge in [-0.05, 0) is 263 Å². The van der Waals surface area contributed by atoms with Crippen molar-refractivity contribution in [3.63, 3.8) is 0 Å². The van der Waals surface area contributed by atoms with Gasteiger partial charge in [-0.3, -0.25) is 28.6 Å². The van der Waals surface area contributed by atoms with Crippen molar-refractivity contribution in [1.82, 2.24) is 0 Å². The Labute approximate surface area is 644 Å². The second kappa shape index (κ2) is 32.7. The zero-order chi connectivity index (χ0) is 79.0. The lowest BCUT2D eigenvalue weighted by atomic mass is 9.99. The second-order valence-electron chi connectivity index (χ2n) is 26.6. The maximum atomic E-state index is 12.6. The van der Waals surface area contributed by atoms with Crippen LogP contribution in [0.3, 0.4) is 0 Å². The second-order valence-corrected chi connectivity index (χ2v) is 35.0. The van der Waals surface area contributed by atoms with Gasteiger partial charge in [0.2, 0.25) is 0 Å². The van der Waals surface area contributed by atoms with Crippen molar-refractivity contribution in [3.8, 4) is 0 Å². The number of fused-ring (bicyclic) bond motifs is 5. The van der Waals surface area contributed by atoms with E-state index in [1.54, 1.807) is 97.1 Å². The van der Waals surface area contributed by atoms with Crippen molar-refractivity contribution in [3.05, 3.63) is 331 Å². The van der Waals surface area contributed by atoms with Crippen LogP contribution in [0.2, 0.25) is 0 Å². The lowest BCUT2D eigenvalue weighted by Crippen LogP contribution is -2.14. The van der Waals surface area contributed by atoms with E-state index in [4.69, 9.17) is 25.5 Å². The first-order chi connectivity index (χ1) is 52.3. The molecular formula is C85H78N10O10S5. The molecule has 1 aliphatic heterocycles. The van der Waals surface area contributed by atoms with Crippen molar-refractivity contribution in [2.24, 2.45) is 4.99 Å². The van der Waals surface area contributed by atoms with E-state index >= 15 is 0 Å². The fourth-order valence-electron chi connectivity index (χ4n) is 13.2. The zero-order valence-corrected chi connectivity index (χ0v) is 65.5. The van der Waals surface area contributed by atoms with Crippen LogP contribution in [0.5, 0.6) is 0 Å². The number of allylic oxidation sites excluding steroid dienone is 8. The molecule has 25 heteroatoms. The van der Waals surface area contributed by atoms with E-state index < -0.39 is 50.1 Å². The first kappa shape index (κ1) is 78.9. The molecule has 110 heavy (non-hydrogen) atoms. The molecule has 4 aliphatic carbocycles. The van der Waals surface area contributed by atoms with Gasteiger partial charge in [0, 0.05) is 33.8 Å². The minimum Gasteiger partial charge on any atom is -0.399 e. The number of benzene rings is 10. The first-order valence-corrected chi connectivity index (χ1v) is 42.0. The van der Waals surface area contributed by atoms with Crippen LogP contribution in [0, 0.1) is 40.5 Å². The average molecular weight is 1560 g/mol. The van der Waals surface area contributed by atoms with Gasteiger partial charge in [0.15, 0.2) is 17.1 Å².